The first-order valence-electron chi connectivity index (χ1n) is 6.52. The van der Waals surface area contributed by atoms with Crippen molar-refractivity contribution in [3.05, 3.63) is 0 Å². The van der Waals surface area contributed by atoms with Crippen LogP contribution in [0.3, 0.4) is 0 Å². The summed E-state index contributed by atoms with van der Waals surface area (Å²) in [5, 5.41) is 4.52. The Hall–Kier alpha value is -0.220. The Kier molecular flexibility index (Phi) is 6.34. The summed E-state index contributed by atoms with van der Waals surface area (Å²) in [5.74, 6) is 1.16. The van der Waals surface area contributed by atoms with E-state index in [1.54, 1.807) is 0 Å². The summed E-state index contributed by atoms with van der Waals surface area (Å²) in [4.78, 5) is 4.57. The third kappa shape index (κ3) is 6.94. The van der Waals surface area contributed by atoms with E-state index in [4.69, 9.17) is 4.74 Å². The Morgan fingerprint density at radius 3 is 2.76 bits per heavy atom. The quantitative estimate of drug-likeness (QED) is 0.744. The second kappa shape index (κ2) is 7.27. The van der Waals surface area contributed by atoms with Crippen molar-refractivity contribution >= 4 is 16.9 Å². The highest BCUT2D eigenvalue weighted by Gasteiger charge is 2.22. The first-order chi connectivity index (χ1) is 7.99. The topological polar surface area (TPSA) is 33.6 Å². The minimum Gasteiger partial charge on any atom is -0.379 e. The summed E-state index contributed by atoms with van der Waals surface area (Å²) in [6, 6.07) is 0. The smallest absolute Gasteiger partial charge is 0.156 e. The van der Waals surface area contributed by atoms with Crippen LogP contribution in [0.5, 0.6) is 0 Å². The van der Waals surface area contributed by atoms with Crippen LogP contribution in [-0.4, -0.2) is 36.7 Å². The standard InChI is InChI=1S/C13H26N2OS/c1-11(2)16-8-6-5-7-14-12-15-9-13(3,4)10-17-12/h11H,5-10H2,1-4H3,(H,14,15). The van der Waals surface area contributed by atoms with E-state index in [1.807, 2.05) is 11.8 Å². The zero-order chi connectivity index (χ0) is 12.7. The number of amidine groups is 1. The maximum Gasteiger partial charge on any atom is 0.156 e. The normalized spacial score (nSPS) is 19.2. The Morgan fingerprint density at radius 2 is 2.18 bits per heavy atom. The second-order valence-corrected chi connectivity index (χ2v) is 6.59. The van der Waals surface area contributed by atoms with Crippen LogP contribution in [-0.2, 0) is 4.74 Å². The third-order valence-corrected chi connectivity index (χ3v) is 4.02. The van der Waals surface area contributed by atoms with Gasteiger partial charge in [0.1, 0.15) is 0 Å². The molecule has 4 heteroatoms. The number of nitrogens with one attached hydrogen (secondary N) is 1. The zero-order valence-corrected chi connectivity index (χ0v) is 12.4. The van der Waals surface area contributed by atoms with Crippen molar-refractivity contribution in [2.75, 3.05) is 25.4 Å². The van der Waals surface area contributed by atoms with Gasteiger partial charge in [-0.3, -0.25) is 4.99 Å². The summed E-state index contributed by atoms with van der Waals surface area (Å²) in [5.41, 5.74) is 0.362. The van der Waals surface area contributed by atoms with Crippen molar-refractivity contribution in [3.63, 3.8) is 0 Å². The van der Waals surface area contributed by atoms with Crippen molar-refractivity contribution in [2.24, 2.45) is 10.4 Å². The maximum absolute atomic E-state index is 5.50. The summed E-state index contributed by atoms with van der Waals surface area (Å²) >= 11 is 1.85. The number of ether oxygens (including phenoxy) is 1. The van der Waals surface area contributed by atoms with E-state index >= 15 is 0 Å². The van der Waals surface area contributed by atoms with Crippen LogP contribution in [0.15, 0.2) is 4.99 Å². The van der Waals surface area contributed by atoms with Crippen molar-refractivity contribution < 1.29 is 4.74 Å². The lowest BCUT2D eigenvalue weighted by Crippen LogP contribution is -2.31. The van der Waals surface area contributed by atoms with E-state index in [0.29, 0.717) is 11.5 Å². The van der Waals surface area contributed by atoms with Crippen molar-refractivity contribution in [2.45, 2.75) is 46.6 Å². The SMILES string of the molecule is CC(C)OCCCCNC1=NCC(C)(C)CS1. The number of aliphatic imine (C=N–C) groups is 1. The van der Waals surface area contributed by atoms with Crippen LogP contribution in [0.2, 0.25) is 0 Å². The lowest BCUT2D eigenvalue weighted by atomic mass is 9.97. The number of rotatable bonds is 6. The number of hydrogen-bond acceptors (Lipinski definition) is 4. The number of hydrogen-bond donors (Lipinski definition) is 1. The molecular formula is C13H26N2OS. The Balaban J connectivity index is 2.02. The highest BCUT2D eigenvalue weighted by atomic mass is 32.2. The Morgan fingerprint density at radius 1 is 1.41 bits per heavy atom. The molecule has 0 saturated carbocycles. The molecule has 100 valence electrons. The largest absolute Gasteiger partial charge is 0.379 e. The van der Waals surface area contributed by atoms with Crippen LogP contribution in [0.4, 0.5) is 0 Å². The van der Waals surface area contributed by atoms with E-state index in [2.05, 4.69) is 38.0 Å². The van der Waals surface area contributed by atoms with Gasteiger partial charge in [0.05, 0.1) is 6.10 Å². The first-order valence-corrected chi connectivity index (χ1v) is 7.51. The molecular weight excluding hydrogens is 232 g/mol. The van der Waals surface area contributed by atoms with E-state index in [9.17, 15) is 0 Å². The fraction of sp³-hybridized carbons (Fsp3) is 0.923. The van der Waals surface area contributed by atoms with Crippen LogP contribution in [0, 0.1) is 5.41 Å². The van der Waals surface area contributed by atoms with Crippen molar-refractivity contribution in [3.8, 4) is 0 Å². The number of nitrogens with zero attached hydrogens (tertiary/aromatic N) is 1. The Bertz CT molecular complexity index is 252. The molecule has 0 spiro atoms. The third-order valence-electron chi connectivity index (χ3n) is 2.55. The van der Waals surface area contributed by atoms with Gasteiger partial charge in [0.25, 0.3) is 0 Å². The van der Waals surface area contributed by atoms with Crippen LogP contribution in [0.25, 0.3) is 0 Å². The number of unbranched alkanes of at least 4 members (excludes halogenated alkanes) is 1. The highest BCUT2D eigenvalue weighted by molar-refractivity contribution is 8.13. The van der Waals surface area contributed by atoms with Gasteiger partial charge in [-0.15, -0.1) is 0 Å². The predicted octanol–water partition coefficient (Wildman–Crippen LogP) is 2.91. The predicted molar refractivity (Wildman–Crippen MR) is 76.9 cm³/mol. The van der Waals surface area contributed by atoms with E-state index in [1.165, 1.54) is 0 Å². The molecule has 0 amide bonds. The molecule has 0 atom stereocenters. The Labute approximate surface area is 110 Å². The average Bonchev–Trinajstić information content (AvgIpc) is 2.25. The van der Waals surface area contributed by atoms with Gasteiger partial charge in [0.15, 0.2) is 5.17 Å². The summed E-state index contributed by atoms with van der Waals surface area (Å²) in [6.45, 7) is 11.5. The first kappa shape index (κ1) is 14.8. The molecule has 17 heavy (non-hydrogen) atoms. The molecule has 1 heterocycles. The van der Waals surface area contributed by atoms with Gasteiger partial charge in [-0.1, -0.05) is 25.6 Å². The molecule has 0 radical (unpaired) electrons. The molecule has 0 aromatic carbocycles. The average molecular weight is 258 g/mol. The molecule has 0 bridgehead atoms. The van der Waals surface area contributed by atoms with E-state index in [0.717, 1.165) is 43.5 Å². The molecule has 0 unspecified atom stereocenters. The summed E-state index contributed by atoms with van der Waals surface area (Å²) < 4.78 is 5.50. The molecule has 3 nitrogen and oxygen atoms in total. The molecule has 0 aromatic heterocycles. The van der Waals surface area contributed by atoms with Crippen LogP contribution >= 0.6 is 11.8 Å². The molecule has 1 aliphatic rings. The molecule has 0 aromatic rings. The summed E-state index contributed by atoms with van der Waals surface area (Å²) in [6.07, 6.45) is 2.62. The highest BCUT2D eigenvalue weighted by Crippen LogP contribution is 2.26. The van der Waals surface area contributed by atoms with Gasteiger partial charge < -0.3 is 10.1 Å². The summed E-state index contributed by atoms with van der Waals surface area (Å²) in [7, 11) is 0. The van der Waals surface area contributed by atoms with Crippen LogP contribution in [0.1, 0.15) is 40.5 Å². The minimum absolute atomic E-state index is 0.350. The fourth-order valence-electron chi connectivity index (χ4n) is 1.49. The molecule has 0 saturated heterocycles. The molecule has 1 rings (SSSR count). The van der Waals surface area contributed by atoms with Gasteiger partial charge in [0, 0.05) is 25.4 Å². The molecule has 1 aliphatic heterocycles. The minimum atomic E-state index is 0.350. The fourth-order valence-corrected chi connectivity index (χ4v) is 2.47. The van der Waals surface area contributed by atoms with Gasteiger partial charge in [-0.2, -0.15) is 0 Å². The lowest BCUT2D eigenvalue weighted by molar-refractivity contribution is 0.0762. The van der Waals surface area contributed by atoms with Gasteiger partial charge >= 0.3 is 0 Å². The van der Waals surface area contributed by atoms with Gasteiger partial charge in [-0.25, -0.2) is 0 Å². The van der Waals surface area contributed by atoms with Crippen molar-refractivity contribution in [1.29, 1.82) is 0 Å². The molecule has 0 aliphatic carbocycles. The van der Waals surface area contributed by atoms with Gasteiger partial charge in [-0.05, 0) is 32.1 Å². The second-order valence-electron chi connectivity index (χ2n) is 5.63. The molecule has 1 N–H and O–H groups in total. The number of thioether (sulfide) groups is 1. The molecule has 0 fully saturated rings. The maximum atomic E-state index is 5.50. The zero-order valence-electron chi connectivity index (χ0n) is 11.6. The monoisotopic (exact) mass is 258 g/mol. The van der Waals surface area contributed by atoms with E-state index in [-0.39, 0.29) is 0 Å². The van der Waals surface area contributed by atoms with E-state index < -0.39 is 0 Å². The lowest BCUT2D eigenvalue weighted by Gasteiger charge is -2.27. The van der Waals surface area contributed by atoms with Crippen molar-refractivity contribution in [1.82, 2.24) is 5.32 Å². The van der Waals surface area contributed by atoms with Crippen LogP contribution < -0.4 is 5.32 Å². The van der Waals surface area contributed by atoms with Gasteiger partial charge in [0.2, 0.25) is 0 Å².